The van der Waals surface area contributed by atoms with Crippen LogP contribution in [0.4, 0.5) is 0 Å². The molecular formula is C13H18N4O2. The third kappa shape index (κ3) is 2.54. The van der Waals surface area contributed by atoms with Crippen molar-refractivity contribution < 1.29 is 8.94 Å². The van der Waals surface area contributed by atoms with Gasteiger partial charge in [-0.3, -0.25) is 4.90 Å². The zero-order valence-electron chi connectivity index (χ0n) is 11.0. The number of rotatable bonds is 4. The molecule has 1 fully saturated rings. The van der Waals surface area contributed by atoms with Gasteiger partial charge < -0.3 is 14.7 Å². The van der Waals surface area contributed by atoms with E-state index in [-0.39, 0.29) is 0 Å². The number of nitrogens with two attached hydrogens (primary N) is 1. The Bertz CT molecular complexity index is 522. The molecule has 6 nitrogen and oxygen atoms in total. The summed E-state index contributed by atoms with van der Waals surface area (Å²) in [7, 11) is 0. The van der Waals surface area contributed by atoms with E-state index in [1.807, 2.05) is 0 Å². The summed E-state index contributed by atoms with van der Waals surface area (Å²) in [6.45, 7) is 4.65. The molecule has 2 aromatic rings. The molecule has 2 unspecified atom stereocenters. The van der Waals surface area contributed by atoms with Gasteiger partial charge in [0.25, 0.3) is 5.89 Å². The van der Waals surface area contributed by atoms with E-state index in [2.05, 4.69) is 22.0 Å². The number of aromatic nitrogens is 2. The minimum absolute atomic E-state index is 0.433. The van der Waals surface area contributed by atoms with Gasteiger partial charge in [-0.15, -0.1) is 0 Å². The molecule has 102 valence electrons. The Kier molecular flexibility index (Phi) is 3.35. The molecule has 19 heavy (non-hydrogen) atoms. The molecule has 1 saturated heterocycles. The Hall–Kier alpha value is -1.66. The van der Waals surface area contributed by atoms with Crippen LogP contribution in [0.5, 0.6) is 0 Å². The van der Waals surface area contributed by atoms with Crippen LogP contribution in [-0.4, -0.2) is 34.2 Å². The monoisotopic (exact) mass is 262 g/mol. The van der Waals surface area contributed by atoms with Crippen molar-refractivity contribution in [2.45, 2.75) is 25.9 Å². The predicted octanol–water partition coefficient (Wildman–Crippen LogP) is 1.50. The average Bonchev–Trinajstić information content (AvgIpc) is 3.11. The maximum atomic E-state index is 5.73. The summed E-state index contributed by atoms with van der Waals surface area (Å²) >= 11 is 0. The molecule has 3 heterocycles. The van der Waals surface area contributed by atoms with Gasteiger partial charge in [0.15, 0.2) is 11.6 Å². The van der Waals surface area contributed by atoms with E-state index in [4.69, 9.17) is 14.7 Å². The molecule has 0 saturated carbocycles. The van der Waals surface area contributed by atoms with Crippen molar-refractivity contribution in [2.24, 2.45) is 11.7 Å². The highest BCUT2D eigenvalue weighted by Crippen LogP contribution is 2.24. The Morgan fingerprint density at radius 3 is 3.11 bits per heavy atom. The minimum Gasteiger partial charge on any atom is -0.459 e. The van der Waals surface area contributed by atoms with Crippen LogP contribution in [0.15, 0.2) is 27.3 Å². The number of likely N-dealkylation sites (tertiary alicyclic amines) is 1. The van der Waals surface area contributed by atoms with Crippen LogP contribution in [0.2, 0.25) is 0 Å². The molecule has 3 rings (SSSR count). The van der Waals surface area contributed by atoms with Crippen LogP contribution in [0.1, 0.15) is 19.2 Å². The smallest absolute Gasteiger partial charge is 0.293 e. The van der Waals surface area contributed by atoms with Crippen molar-refractivity contribution >= 4 is 0 Å². The molecule has 1 aliphatic heterocycles. The summed E-state index contributed by atoms with van der Waals surface area (Å²) in [5, 5.41) is 4.00. The van der Waals surface area contributed by atoms with Crippen molar-refractivity contribution in [3.8, 4) is 11.7 Å². The van der Waals surface area contributed by atoms with E-state index < -0.39 is 0 Å². The lowest BCUT2D eigenvalue weighted by Crippen LogP contribution is -2.27. The van der Waals surface area contributed by atoms with Crippen molar-refractivity contribution in [1.82, 2.24) is 15.0 Å². The van der Waals surface area contributed by atoms with Crippen LogP contribution in [0.3, 0.4) is 0 Å². The van der Waals surface area contributed by atoms with Gasteiger partial charge in [-0.1, -0.05) is 5.16 Å². The van der Waals surface area contributed by atoms with E-state index in [0.29, 0.717) is 36.0 Å². The van der Waals surface area contributed by atoms with Crippen molar-refractivity contribution in [2.75, 3.05) is 13.1 Å². The molecule has 1 aliphatic rings. The molecule has 2 N–H and O–H groups in total. The maximum absolute atomic E-state index is 5.73. The normalized spacial score (nSPS) is 24.1. The Morgan fingerprint density at radius 2 is 2.42 bits per heavy atom. The number of nitrogens with zero attached hydrogens (tertiary/aromatic N) is 3. The summed E-state index contributed by atoms with van der Waals surface area (Å²) in [5.41, 5.74) is 5.73. The molecule has 2 aromatic heterocycles. The molecule has 0 bridgehead atoms. The second-order valence-corrected chi connectivity index (χ2v) is 5.11. The first-order valence-corrected chi connectivity index (χ1v) is 6.57. The fourth-order valence-corrected chi connectivity index (χ4v) is 2.61. The zero-order chi connectivity index (χ0) is 13.2. The topological polar surface area (TPSA) is 81.3 Å². The Morgan fingerprint density at radius 1 is 1.53 bits per heavy atom. The lowest BCUT2D eigenvalue weighted by Gasteiger charge is -2.18. The highest BCUT2D eigenvalue weighted by atomic mass is 16.5. The van der Waals surface area contributed by atoms with Crippen molar-refractivity contribution in [3.05, 3.63) is 24.2 Å². The van der Waals surface area contributed by atoms with Crippen LogP contribution >= 0.6 is 0 Å². The third-order valence-corrected chi connectivity index (χ3v) is 3.67. The van der Waals surface area contributed by atoms with E-state index in [1.54, 1.807) is 18.4 Å². The van der Waals surface area contributed by atoms with Crippen LogP contribution in [0.25, 0.3) is 11.7 Å². The Labute approximate surface area is 111 Å². The SMILES string of the molecule is CC1CC(CN)CN1Cc1noc(-c2ccco2)n1. The third-order valence-electron chi connectivity index (χ3n) is 3.67. The predicted molar refractivity (Wildman–Crippen MR) is 69.0 cm³/mol. The molecular weight excluding hydrogens is 244 g/mol. The van der Waals surface area contributed by atoms with Gasteiger partial charge in [-0.25, -0.2) is 0 Å². The van der Waals surface area contributed by atoms with Gasteiger partial charge in [0.05, 0.1) is 12.8 Å². The fraction of sp³-hybridized carbons (Fsp3) is 0.538. The van der Waals surface area contributed by atoms with Crippen LogP contribution in [0, 0.1) is 5.92 Å². The largest absolute Gasteiger partial charge is 0.459 e. The number of hydrogen-bond acceptors (Lipinski definition) is 6. The fourth-order valence-electron chi connectivity index (χ4n) is 2.61. The van der Waals surface area contributed by atoms with E-state index in [0.717, 1.165) is 19.5 Å². The van der Waals surface area contributed by atoms with Gasteiger partial charge in [0, 0.05) is 12.6 Å². The van der Waals surface area contributed by atoms with Crippen LogP contribution in [-0.2, 0) is 6.54 Å². The summed E-state index contributed by atoms with van der Waals surface area (Å²) < 4.78 is 10.4. The molecule has 0 spiro atoms. The molecule has 6 heteroatoms. The summed E-state index contributed by atoms with van der Waals surface area (Å²) in [6.07, 6.45) is 2.73. The van der Waals surface area contributed by atoms with Gasteiger partial charge in [0.2, 0.25) is 0 Å². The Balaban J connectivity index is 1.68. The van der Waals surface area contributed by atoms with Gasteiger partial charge in [-0.2, -0.15) is 4.98 Å². The second kappa shape index (κ2) is 5.14. The van der Waals surface area contributed by atoms with Crippen molar-refractivity contribution in [3.63, 3.8) is 0 Å². The second-order valence-electron chi connectivity index (χ2n) is 5.11. The minimum atomic E-state index is 0.433. The average molecular weight is 262 g/mol. The highest BCUT2D eigenvalue weighted by Gasteiger charge is 2.29. The summed E-state index contributed by atoms with van der Waals surface area (Å²) in [6, 6.07) is 4.12. The first-order chi connectivity index (χ1) is 9.26. The van der Waals surface area contributed by atoms with Crippen molar-refractivity contribution in [1.29, 1.82) is 0 Å². The standard InChI is InChI=1S/C13H18N4O2/c1-9-5-10(6-14)7-17(9)8-12-15-13(19-16-12)11-3-2-4-18-11/h2-4,9-10H,5-8,14H2,1H3. The lowest BCUT2D eigenvalue weighted by atomic mass is 10.1. The van der Waals surface area contributed by atoms with Gasteiger partial charge in [0.1, 0.15) is 0 Å². The summed E-state index contributed by atoms with van der Waals surface area (Å²) in [4.78, 5) is 6.70. The summed E-state index contributed by atoms with van der Waals surface area (Å²) in [5.74, 6) is 2.30. The molecule has 0 amide bonds. The molecule has 2 atom stereocenters. The van der Waals surface area contributed by atoms with E-state index in [9.17, 15) is 0 Å². The number of furan rings is 1. The zero-order valence-corrected chi connectivity index (χ0v) is 11.0. The molecule has 0 aromatic carbocycles. The van der Waals surface area contributed by atoms with Crippen LogP contribution < -0.4 is 5.73 Å². The van der Waals surface area contributed by atoms with Gasteiger partial charge >= 0.3 is 0 Å². The highest BCUT2D eigenvalue weighted by molar-refractivity contribution is 5.42. The van der Waals surface area contributed by atoms with E-state index >= 15 is 0 Å². The lowest BCUT2D eigenvalue weighted by molar-refractivity contribution is 0.245. The first kappa shape index (κ1) is 12.4. The van der Waals surface area contributed by atoms with Gasteiger partial charge in [-0.05, 0) is 37.9 Å². The van der Waals surface area contributed by atoms with E-state index in [1.165, 1.54) is 0 Å². The molecule has 0 radical (unpaired) electrons. The first-order valence-electron chi connectivity index (χ1n) is 6.57. The molecule has 0 aliphatic carbocycles. The maximum Gasteiger partial charge on any atom is 0.293 e. The quantitative estimate of drug-likeness (QED) is 0.899. The number of hydrogen-bond donors (Lipinski definition) is 1.